The second kappa shape index (κ2) is 8.57. The van der Waals surface area contributed by atoms with Crippen LogP contribution in [-0.4, -0.2) is 28.3 Å². The summed E-state index contributed by atoms with van der Waals surface area (Å²) in [7, 11) is 1.51. The maximum atomic E-state index is 13.2. The van der Waals surface area contributed by atoms with Gasteiger partial charge in [0.2, 0.25) is 11.8 Å². The standard InChI is InChI=1S/C22H19FN4O3S/c1-13(28)24-16-7-8-20(30-2)18(9-16)25-21(29)10-17-12-31-22-26-19(11-27(17)22)14-3-5-15(23)6-4-14/h3-9,11-12H,10H2,1-2H3,(H,24,28)(H,25,29). The molecule has 0 aliphatic heterocycles. The molecule has 2 amide bonds. The van der Waals surface area contributed by atoms with Crippen molar-refractivity contribution in [3.63, 3.8) is 0 Å². The molecule has 0 saturated carbocycles. The van der Waals surface area contributed by atoms with Crippen molar-refractivity contribution in [1.29, 1.82) is 0 Å². The third-order valence-electron chi connectivity index (χ3n) is 4.56. The van der Waals surface area contributed by atoms with Crippen molar-refractivity contribution in [1.82, 2.24) is 9.38 Å². The first-order valence-electron chi connectivity index (χ1n) is 9.40. The van der Waals surface area contributed by atoms with Crippen LogP contribution in [0.5, 0.6) is 5.75 Å². The summed E-state index contributed by atoms with van der Waals surface area (Å²) in [4.78, 5) is 29.3. The minimum absolute atomic E-state index is 0.118. The molecule has 0 fully saturated rings. The molecule has 2 aromatic heterocycles. The maximum Gasteiger partial charge on any atom is 0.230 e. The summed E-state index contributed by atoms with van der Waals surface area (Å²) >= 11 is 1.42. The predicted octanol–water partition coefficient (Wildman–Crippen LogP) is 4.35. The van der Waals surface area contributed by atoms with E-state index in [1.54, 1.807) is 30.3 Å². The fourth-order valence-corrected chi connectivity index (χ4v) is 4.03. The van der Waals surface area contributed by atoms with Crippen molar-refractivity contribution in [2.75, 3.05) is 17.7 Å². The highest BCUT2D eigenvalue weighted by Crippen LogP contribution is 2.29. The van der Waals surface area contributed by atoms with E-state index in [4.69, 9.17) is 4.74 Å². The zero-order valence-corrected chi connectivity index (χ0v) is 17.6. The molecule has 7 nitrogen and oxygen atoms in total. The number of methoxy groups -OCH3 is 1. The summed E-state index contributed by atoms with van der Waals surface area (Å²) in [6.45, 7) is 1.41. The van der Waals surface area contributed by atoms with Gasteiger partial charge in [0.1, 0.15) is 11.6 Å². The summed E-state index contributed by atoms with van der Waals surface area (Å²) in [5.41, 5.74) is 3.30. The Bertz CT molecular complexity index is 1260. The van der Waals surface area contributed by atoms with E-state index in [0.717, 1.165) is 16.2 Å². The number of rotatable bonds is 6. The Labute approximate surface area is 181 Å². The molecule has 9 heteroatoms. The van der Waals surface area contributed by atoms with Crippen LogP contribution in [0.15, 0.2) is 54.0 Å². The van der Waals surface area contributed by atoms with Crippen molar-refractivity contribution in [3.05, 3.63) is 65.6 Å². The number of nitrogens with one attached hydrogen (secondary N) is 2. The molecule has 158 valence electrons. The second-order valence-corrected chi connectivity index (χ2v) is 7.67. The van der Waals surface area contributed by atoms with Crippen LogP contribution < -0.4 is 15.4 Å². The quantitative estimate of drug-likeness (QED) is 0.469. The summed E-state index contributed by atoms with van der Waals surface area (Å²) in [6, 6.07) is 11.1. The lowest BCUT2D eigenvalue weighted by atomic mass is 10.2. The first-order chi connectivity index (χ1) is 14.9. The third kappa shape index (κ3) is 4.56. The van der Waals surface area contributed by atoms with Gasteiger partial charge in [0.25, 0.3) is 0 Å². The van der Waals surface area contributed by atoms with Crippen molar-refractivity contribution in [2.24, 2.45) is 0 Å². The van der Waals surface area contributed by atoms with E-state index in [0.29, 0.717) is 22.8 Å². The number of ether oxygens (including phenoxy) is 1. The Kier molecular flexibility index (Phi) is 5.68. The fourth-order valence-electron chi connectivity index (χ4n) is 3.16. The highest BCUT2D eigenvalue weighted by atomic mass is 32.1. The van der Waals surface area contributed by atoms with Crippen LogP contribution in [0.2, 0.25) is 0 Å². The maximum absolute atomic E-state index is 13.2. The Morgan fingerprint density at radius 2 is 1.94 bits per heavy atom. The van der Waals surface area contributed by atoms with E-state index in [1.165, 1.54) is 37.5 Å². The Hall–Kier alpha value is -3.72. The van der Waals surface area contributed by atoms with Crippen molar-refractivity contribution >= 4 is 39.5 Å². The fraction of sp³-hybridized carbons (Fsp3) is 0.136. The zero-order chi connectivity index (χ0) is 22.0. The molecule has 0 spiro atoms. The van der Waals surface area contributed by atoms with Gasteiger partial charge in [0.05, 0.1) is 24.9 Å². The molecule has 2 heterocycles. The van der Waals surface area contributed by atoms with E-state index in [2.05, 4.69) is 15.6 Å². The number of hydrogen-bond donors (Lipinski definition) is 2. The van der Waals surface area contributed by atoms with Crippen molar-refractivity contribution < 1.29 is 18.7 Å². The number of amides is 2. The van der Waals surface area contributed by atoms with Crippen LogP contribution in [0.25, 0.3) is 16.2 Å². The molecular weight excluding hydrogens is 419 g/mol. The number of carbonyl (C=O) groups is 2. The van der Waals surface area contributed by atoms with Crippen LogP contribution in [0, 0.1) is 5.82 Å². The Balaban J connectivity index is 1.54. The highest BCUT2D eigenvalue weighted by molar-refractivity contribution is 7.15. The molecule has 2 aromatic carbocycles. The summed E-state index contributed by atoms with van der Waals surface area (Å²) < 4.78 is 20.3. The van der Waals surface area contributed by atoms with Crippen molar-refractivity contribution in [2.45, 2.75) is 13.3 Å². The second-order valence-electron chi connectivity index (χ2n) is 6.83. The topological polar surface area (TPSA) is 84.7 Å². The number of benzene rings is 2. The summed E-state index contributed by atoms with van der Waals surface area (Å²) in [5.74, 6) is -0.269. The molecule has 0 bridgehead atoms. The molecule has 0 radical (unpaired) electrons. The number of nitrogens with zero attached hydrogens (tertiary/aromatic N) is 2. The lowest BCUT2D eigenvalue weighted by molar-refractivity contribution is -0.116. The summed E-state index contributed by atoms with van der Waals surface area (Å²) in [5, 5.41) is 7.39. The zero-order valence-electron chi connectivity index (χ0n) is 16.8. The molecule has 4 aromatic rings. The number of anilines is 2. The smallest absolute Gasteiger partial charge is 0.230 e. The number of carbonyl (C=O) groups excluding carboxylic acids is 2. The van der Waals surface area contributed by atoms with Gasteiger partial charge in [0, 0.05) is 35.4 Å². The van der Waals surface area contributed by atoms with E-state index >= 15 is 0 Å². The molecule has 2 N–H and O–H groups in total. The average Bonchev–Trinajstić information content (AvgIpc) is 3.30. The molecule has 0 atom stereocenters. The Morgan fingerprint density at radius 3 is 2.65 bits per heavy atom. The van der Waals surface area contributed by atoms with Crippen LogP contribution in [-0.2, 0) is 16.0 Å². The van der Waals surface area contributed by atoms with Crippen LogP contribution in [0.3, 0.4) is 0 Å². The monoisotopic (exact) mass is 438 g/mol. The van der Waals surface area contributed by atoms with Gasteiger partial charge in [-0.05, 0) is 42.5 Å². The molecule has 31 heavy (non-hydrogen) atoms. The molecule has 0 unspecified atom stereocenters. The van der Waals surface area contributed by atoms with Gasteiger partial charge in [-0.25, -0.2) is 9.37 Å². The number of hydrogen-bond acceptors (Lipinski definition) is 5. The number of aromatic nitrogens is 2. The van der Waals surface area contributed by atoms with Gasteiger partial charge < -0.3 is 15.4 Å². The Morgan fingerprint density at radius 1 is 1.16 bits per heavy atom. The third-order valence-corrected chi connectivity index (χ3v) is 5.45. The van der Waals surface area contributed by atoms with Gasteiger partial charge in [-0.3, -0.25) is 14.0 Å². The highest BCUT2D eigenvalue weighted by Gasteiger charge is 2.15. The molecule has 0 aliphatic rings. The van der Waals surface area contributed by atoms with Gasteiger partial charge in [-0.1, -0.05) is 0 Å². The molecule has 4 rings (SSSR count). The van der Waals surface area contributed by atoms with Crippen LogP contribution in [0.4, 0.5) is 15.8 Å². The van der Waals surface area contributed by atoms with Crippen molar-refractivity contribution in [3.8, 4) is 17.0 Å². The van der Waals surface area contributed by atoms with E-state index in [-0.39, 0.29) is 24.1 Å². The number of fused-ring (bicyclic) bond motifs is 1. The first-order valence-corrected chi connectivity index (χ1v) is 10.3. The minimum Gasteiger partial charge on any atom is -0.495 e. The minimum atomic E-state index is -0.305. The van der Waals surface area contributed by atoms with E-state index in [9.17, 15) is 14.0 Å². The van der Waals surface area contributed by atoms with Gasteiger partial charge in [-0.2, -0.15) is 0 Å². The first kappa shape index (κ1) is 20.5. The molecular formula is C22H19FN4O3S. The van der Waals surface area contributed by atoms with Crippen LogP contribution >= 0.6 is 11.3 Å². The van der Waals surface area contributed by atoms with E-state index in [1.807, 2.05) is 16.0 Å². The lowest BCUT2D eigenvalue weighted by Gasteiger charge is -2.12. The SMILES string of the molecule is COc1ccc(NC(C)=O)cc1NC(=O)Cc1csc2nc(-c3ccc(F)cc3)cn12. The predicted molar refractivity (Wildman–Crippen MR) is 118 cm³/mol. The van der Waals surface area contributed by atoms with Crippen LogP contribution in [0.1, 0.15) is 12.6 Å². The largest absolute Gasteiger partial charge is 0.495 e. The van der Waals surface area contributed by atoms with E-state index < -0.39 is 0 Å². The van der Waals surface area contributed by atoms with Gasteiger partial charge >= 0.3 is 0 Å². The number of thiazole rings is 1. The average molecular weight is 438 g/mol. The lowest BCUT2D eigenvalue weighted by Crippen LogP contribution is -2.16. The number of halogens is 1. The summed E-state index contributed by atoms with van der Waals surface area (Å²) in [6.07, 6.45) is 1.95. The molecule has 0 saturated heterocycles. The van der Waals surface area contributed by atoms with Gasteiger partial charge in [0.15, 0.2) is 4.96 Å². The van der Waals surface area contributed by atoms with Gasteiger partial charge in [-0.15, -0.1) is 11.3 Å². The number of imidazole rings is 1. The normalized spacial score (nSPS) is 10.8. The molecule has 0 aliphatic carbocycles.